The number of aromatic nitrogens is 6. The molecule has 74 heavy (non-hydrogen) atoms. The number of imide groups is 1. The van der Waals surface area contributed by atoms with Crippen LogP contribution in [0, 0.1) is 6.92 Å². The Morgan fingerprint density at radius 1 is 0.568 bits per heavy atom. The molecule has 0 bridgehead atoms. The van der Waals surface area contributed by atoms with Crippen molar-refractivity contribution in [3.05, 3.63) is 143 Å². The second kappa shape index (κ2) is 33.1. The molecular weight excluding hydrogens is 1250 g/mol. The summed E-state index contributed by atoms with van der Waals surface area (Å²) in [5.74, 6) is -3.13. The van der Waals surface area contributed by atoms with Gasteiger partial charge in [0.2, 0.25) is 0 Å². The molecule has 1 aliphatic rings. The number of rotatable bonds is 18. The number of hydrogen-bond acceptors (Lipinski definition) is 23. The van der Waals surface area contributed by atoms with E-state index < -0.39 is 65.4 Å². The number of aryl methyl sites for hydroxylation is 2. The fourth-order valence-electron chi connectivity index (χ4n) is 6.23. The number of carbonyl (C=O) groups is 3. The average molecular weight is 1290 g/mol. The molecule has 0 spiro atoms. The van der Waals surface area contributed by atoms with Crippen LogP contribution < -0.4 is 64.4 Å². The standard InChI is InChI=1S/C19H19N3O4.2C12H12N2O6S2.2Na.2Ru/c1-13-7-9-20-15(11-13)16-12-14(8-10-21-16)3-2-4-19(25)26-22-17(23)5-6-18(22)24;15-21(16,17)7-9-1-3-13-11(5-9)12-6-10(2-4-14-12)8-22(18,19)20;15-19-20-21-7-9-1-3-13-11(5-9)12-6-10(2-4-14-12)8-22(16,17)18;;;;/h7-12H,2-6H2,1H3;1-6H,7-8H2,(H,15,16,17)(H,18,19,20);1-6,15H,7-8H2,(H,16,17,18);;;;/q;;;2*+1;;/p-4. The minimum absolute atomic E-state index is 0. The van der Waals surface area contributed by atoms with Gasteiger partial charge in [-0.05, 0) is 126 Å². The Morgan fingerprint density at radius 3 is 1.28 bits per heavy atom. The van der Waals surface area contributed by atoms with E-state index in [4.69, 9.17) is 4.84 Å². The molecule has 7 rings (SSSR count). The van der Waals surface area contributed by atoms with Crippen molar-refractivity contribution in [2.24, 2.45) is 0 Å². The second-order valence-electron chi connectivity index (χ2n) is 14.9. The molecule has 2 amide bonds. The maximum absolute atomic E-state index is 11.8. The third-order valence-corrected chi connectivity index (χ3v) is 11.9. The number of hydrogen-bond donors (Lipinski definition) is 0. The van der Waals surface area contributed by atoms with Crippen LogP contribution in [0.1, 0.15) is 59.1 Å². The molecule has 386 valence electrons. The summed E-state index contributed by atoms with van der Waals surface area (Å²) in [6.07, 6.45) is 10.6. The Labute approximate surface area is 500 Å². The Bertz CT molecular complexity index is 3080. The Kier molecular flexibility index (Phi) is 30.8. The zero-order chi connectivity index (χ0) is 50.9. The van der Waals surface area contributed by atoms with Crippen LogP contribution in [-0.4, -0.2) is 91.7 Å². The number of amides is 2. The van der Waals surface area contributed by atoms with Crippen LogP contribution >= 0.6 is 12.0 Å². The monoisotopic (exact) mass is 1290 g/mol. The minimum atomic E-state index is -4.43. The quantitative estimate of drug-likeness (QED) is 0.0159. The van der Waals surface area contributed by atoms with Gasteiger partial charge in [-0.15, -0.1) is 5.06 Å². The van der Waals surface area contributed by atoms with Gasteiger partial charge in [0.1, 0.15) is 0 Å². The van der Waals surface area contributed by atoms with Crippen LogP contribution in [0.4, 0.5) is 0 Å². The molecule has 0 atom stereocenters. The summed E-state index contributed by atoms with van der Waals surface area (Å²) in [4.78, 5) is 64.4. The normalized spacial score (nSPS) is 12.0. The van der Waals surface area contributed by atoms with Crippen molar-refractivity contribution in [1.82, 2.24) is 35.0 Å². The summed E-state index contributed by atoms with van der Waals surface area (Å²) in [7, 11) is -13.2. The second-order valence-corrected chi connectivity index (χ2v) is 19.7. The Hall–Kier alpha value is -3.28. The number of hydroxylamine groups is 2. The molecule has 7 heterocycles. The van der Waals surface area contributed by atoms with Gasteiger partial charge in [-0.25, -0.2) is 30.0 Å². The van der Waals surface area contributed by atoms with Gasteiger partial charge in [-0.2, -0.15) is 4.33 Å². The first-order valence-corrected chi connectivity index (χ1v) is 25.9. The van der Waals surface area contributed by atoms with E-state index in [1.165, 1.54) is 55.0 Å². The van der Waals surface area contributed by atoms with E-state index in [1.54, 1.807) is 30.7 Å². The first-order chi connectivity index (χ1) is 33.1. The SMILES string of the molecule is Cc1ccnc(-c2cc(CCCC(=O)ON3C(=O)CCC3=O)ccn2)c1.O=S(=O)([O-])Cc1ccnc(-c2cc(CS(=O)(=O)[O-])ccn2)c1.O=S(=O)([O-])Cc1ccnc(-c2cc(CSOO[O-])ccn2)c1.[Na+].[Na+].[Ru].[Ru]. The zero-order valence-corrected chi connectivity index (χ0v) is 50.0. The van der Waals surface area contributed by atoms with Gasteiger partial charge in [-0.3, -0.25) is 44.5 Å². The summed E-state index contributed by atoms with van der Waals surface area (Å²) in [6.45, 7) is 2.00. The van der Waals surface area contributed by atoms with E-state index in [9.17, 15) is 58.6 Å². The smallest absolute Gasteiger partial charge is 0.748 e. The third-order valence-electron chi connectivity index (χ3n) is 9.20. The number of nitrogens with zero attached hydrogens (tertiary/aromatic N) is 7. The first kappa shape index (κ1) is 68.7. The van der Waals surface area contributed by atoms with Gasteiger partial charge >= 0.3 is 65.1 Å². The van der Waals surface area contributed by atoms with Crippen LogP contribution in [0.5, 0.6) is 0 Å². The fourth-order valence-corrected chi connectivity index (χ4v) is 8.40. The van der Waals surface area contributed by atoms with E-state index >= 15 is 0 Å². The van der Waals surface area contributed by atoms with Crippen molar-refractivity contribution >= 4 is 60.2 Å². The van der Waals surface area contributed by atoms with Gasteiger partial charge < -0.3 is 23.8 Å². The van der Waals surface area contributed by atoms with Gasteiger partial charge in [0.25, 0.3) is 11.8 Å². The third kappa shape index (κ3) is 25.2. The Morgan fingerprint density at radius 2 is 0.905 bits per heavy atom. The molecule has 0 saturated carbocycles. The van der Waals surface area contributed by atoms with Crippen LogP contribution in [0.15, 0.2) is 110 Å². The van der Waals surface area contributed by atoms with Crippen LogP contribution in [0.3, 0.4) is 0 Å². The summed E-state index contributed by atoms with van der Waals surface area (Å²) < 4.78 is 101. The fraction of sp³-hybridized carbons (Fsp3) is 0.233. The van der Waals surface area contributed by atoms with E-state index in [1.807, 2.05) is 31.2 Å². The van der Waals surface area contributed by atoms with Crippen molar-refractivity contribution in [1.29, 1.82) is 0 Å². The first-order valence-electron chi connectivity index (χ1n) is 20.3. The molecular formula is C43H39N7Na2O16Ru2S4-2. The summed E-state index contributed by atoms with van der Waals surface area (Å²) in [5.41, 5.74) is 6.82. The molecule has 6 aromatic rings. The summed E-state index contributed by atoms with van der Waals surface area (Å²) >= 11 is 0.818. The molecule has 1 fully saturated rings. The van der Waals surface area contributed by atoms with Gasteiger partial charge in [0.15, 0.2) is 0 Å². The van der Waals surface area contributed by atoms with Crippen molar-refractivity contribution in [3.63, 3.8) is 0 Å². The minimum Gasteiger partial charge on any atom is -0.748 e. The summed E-state index contributed by atoms with van der Waals surface area (Å²) in [6, 6.07) is 19.6. The van der Waals surface area contributed by atoms with Gasteiger partial charge in [0, 0.05) is 113 Å². The van der Waals surface area contributed by atoms with Gasteiger partial charge in [0.05, 0.1) is 81.8 Å². The Balaban J connectivity index is 0.000000543. The molecule has 31 heteroatoms. The molecule has 0 unspecified atom stereocenters. The predicted octanol–water partition coefficient (Wildman–Crippen LogP) is -2.82. The van der Waals surface area contributed by atoms with Crippen molar-refractivity contribution in [3.8, 4) is 34.2 Å². The zero-order valence-electron chi connectivity index (χ0n) is 39.3. The maximum atomic E-state index is 11.8. The molecule has 1 aliphatic heterocycles. The molecule has 0 aromatic carbocycles. The summed E-state index contributed by atoms with van der Waals surface area (Å²) in [5, 5.41) is 13.5. The maximum Gasteiger partial charge on any atom is 1.00 e. The van der Waals surface area contributed by atoms with E-state index in [0.29, 0.717) is 40.6 Å². The molecule has 0 radical (unpaired) electrons. The number of carbonyl (C=O) groups excluding carboxylic acids is 3. The van der Waals surface area contributed by atoms with Crippen LogP contribution in [-0.2, 0) is 127 Å². The molecule has 0 N–H and O–H groups in total. The van der Waals surface area contributed by atoms with Crippen molar-refractivity contribution < 1.29 is 171 Å². The molecule has 23 nitrogen and oxygen atoms in total. The van der Waals surface area contributed by atoms with E-state index in [0.717, 1.165) is 40.1 Å². The molecule has 0 aliphatic carbocycles. The number of pyridine rings is 6. The van der Waals surface area contributed by atoms with Crippen molar-refractivity contribution in [2.45, 2.75) is 62.0 Å². The van der Waals surface area contributed by atoms with E-state index in [2.05, 4.69) is 39.3 Å². The molecule has 6 aromatic heterocycles. The van der Waals surface area contributed by atoms with E-state index in [-0.39, 0.29) is 140 Å². The average Bonchev–Trinajstić information content (AvgIpc) is 3.60. The molecule has 1 saturated heterocycles. The van der Waals surface area contributed by atoms with Crippen LogP contribution in [0.25, 0.3) is 34.2 Å². The topological polar surface area (TPSA) is 354 Å². The largest absolute Gasteiger partial charge is 1.00 e. The van der Waals surface area contributed by atoms with Gasteiger partial charge in [-0.1, -0.05) is 0 Å². The predicted molar refractivity (Wildman–Crippen MR) is 241 cm³/mol. The van der Waals surface area contributed by atoms with Crippen LogP contribution in [0.2, 0.25) is 0 Å². The van der Waals surface area contributed by atoms with Crippen molar-refractivity contribution in [2.75, 3.05) is 0 Å².